The van der Waals surface area contributed by atoms with Crippen LogP contribution in [0.1, 0.15) is 13.8 Å². The maximum Gasteiger partial charge on any atom is 0.0739 e. The third kappa shape index (κ3) is 1.22. The van der Waals surface area contributed by atoms with Crippen LogP contribution in [0.25, 0.3) is 0 Å². The molecule has 0 amide bonds. The van der Waals surface area contributed by atoms with Gasteiger partial charge in [0.2, 0.25) is 0 Å². The van der Waals surface area contributed by atoms with Gasteiger partial charge in [-0.1, -0.05) is 51.3 Å². The van der Waals surface area contributed by atoms with E-state index in [1.807, 2.05) is 6.08 Å². The van der Waals surface area contributed by atoms with Crippen molar-refractivity contribution in [2.45, 2.75) is 33.5 Å². The largest absolute Gasteiger partial charge is 0.0988 e. The molecule has 0 N–H and O–H groups in total. The number of rotatable bonds is 2. The quantitative estimate of drug-likeness (QED) is 0.552. The summed E-state index contributed by atoms with van der Waals surface area (Å²) in [5, 5.41) is 1.71. The van der Waals surface area contributed by atoms with Gasteiger partial charge >= 0.3 is 0 Å². The van der Waals surface area contributed by atoms with Crippen molar-refractivity contribution in [3.63, 3.8) is 0 Å². The van der Waals surface area contributed by atoms with Gasteiger partial charge in [-0.2, -0.15) is 0 Å². The van der Waals surface area contributed by atoms with E-state index in [-0.39, 0.29) is 0 Å². The van der Waals surface area contributed by atoms with Gasteiger partial charge in [0.15, 0.2) is 0 Å². The molecule has 62 valence electrons. The van der Waals surface area contributed by atoms with Crippen molar-refractivity contribution in [1.82, 2.24) is 0 Å². The smallest absolute Gasteiger partial charge is 0.0739 e. The summed E-state index contributed by atoms with van der Waals surface area (Å²) in [6.07, 6.45) is 2.04. The van der Waals surface area contributed by atoms with Gasteiger partial charge in [0.05, 0.1) is 8.07 Å². The first-order valence-electron chi connectivity index (χ1n) is 4.20. The van der Waals surface area contributed by atoms with E-state index in [1.165, 1.54) is 5.57 Å². The van der Waals surface area contributed by atoms with Gasteiger partial charge in [-0.05, 0) is 5.57 Å². The molecular weight excluding hydrogens is 148 g/mol. The Morgan fingerprint density at radius 2 is 1.73 bits per heavy atom. The van der Waals surface area contributed by atoms with Crippen LogP contribution in [0.2, 0.25) is 19.6 Å². The molecule has 1 aliphatic rings. The lowest BCUT2D eigenvalue weighted by atomic mass is 10.1. The van der Waals surface area contributed by atoms with Crippen molar-refractivity contribution in [2.75, 3.05) is 0 Å². The molecule has 11 heavy (non-hydrogen) atoms. The summed E-state index contributed by atoms with van der Waals surface area (Å²) in [4.78, 5) is 0. The molecule has 0 aromatic rings. The lowest BCUT2D eigenvalue weighted by Crippen LogP contribution is -2.22. The van der Waals surface area contributed by atoms with Crippen LogP contribution in [0, 0.1) is 5.41 Å². The highest BCUT2D eigenvalue weighted by Gasteiger charge is 2.48. The fraction of sp³-hybridized carbons (Fsp3) is 0.600. The first-order chi connectivity index (χ1) is 4.81. The van der Waals surface area contributed by atoms with Crippen molar-refractivity contribution in [1.29, 1.82) is 0 Å². The number of hydrogen-bond donors (Lipinski definition) is 0. The monoisotopic (exact) mass is 166 g/mol. The lowest BCUT2D eigenvalue weighted by molar-refractivity contribution is 0.699. The van der Waals surface area contributed by atoms with Crippen LogP contribution in [0.5, 0.6) is 0 Å². The van der Waals surface area contributed by atoms with Crippen LogP contribution in [0.4, 0.5) is 0 Å². The summed E-state index contributed by atoms with van der Waals surface area (Å²) in [5.74, 6) is 0. The van der Waals surface area contributed by atoms with E-state index < -0.39 is 8.07 Å². The molecule has 0 spiro atoms. The summed E-state index contributed by atoms with van der Waals surface area (Å²) in [6.45, 7) is 15.7. The Bertz CT molecular complexity index is 226. The molecule has 0 fully saturated rings. The zero-order valence-corrected chi connectivity index (χ0v) is 9.28. The van der Waals surface area contributed by atoms with Crippen molar-refractivity contribution in [3.05, 3.63) is 23.4 Å². The maximum atomic E-state index is 3.85. The van der Waals surface area contributed by atoms with Crippen molar-refractivity contribution in [3.8, 4) is 0 Å². The fourth-order valence-electron chi connectivity index (χ4n) is 2.20. The van der Waals surface area contributed by atoms with Crippen molar-refractivity contribution < 1.29 is 0 Å². The summed E-state index contributed by atoms with van der Waals surface area (Å²) < 4.78 is 0. The molecule has 1 aliphatic carbocycles. The van der Waals surface area contributed by atoms with E-state index in [4.69, 9.17) is 0 Å². The Labute approximate surface area is 71.0 Å². The summed E-state index contributed by atoms with van der Waals surface area (Å²) in [5.41, 5.74) is 1.91. The SMILES string of the molecule is C=CC1=C([Si](C)(C)C)C1(C)C. The van der Waals surface area contributed by atoms with Crippen LogP contribution >= 0.6 is 0 Å². The van der Waals surface area contributed by atoms with Crippen molar-refractivity contribution in [2.24, 2.45) is 5.41 Å². The average molecular weight is 166 g/mol. The van der Waals surface area contributed by atoms with Crippen LogP contribution in [0.3, 0.4) is 0 Å². The highest BCUT2D eigenvalue weighted by molar-refractivity contribution is 6.84. The van der Waals surface area contributed by atoms with Crippen molar-refractivity contribution >= 4 is 8.07 Å². The third-order valence-corrected chi connectivity index (χ3v) is 4.85. The normalized spacial score (nSPS) is 21.9. The van der Waals surface area contributed by atoms with Crippen LogP contribution in [-0.4, -0.2) is 8.07 Å². The highest BCUT2D eigenvalue weighted by Crippen LogP contribution is 2.56. The summed E-state index contributed by atoms with van der Waals surface area (Å²) in [7, 11) is -1.03. The van der Waals surface area contributed by atoms with E-state index in [9.17, 15) is 0 Å². The van der Waals surface area contributed by atoms with Gasteiger partial charge in [-0.3, -0.25) is 0 Å². The summed E-state index contributed by atoms with van der Waals surface area (Å²) in [6, 6.07) is 0. The Kier molecular flexibility index (Phi) is 1.68. The van der Waals surface area contributed by atoms with Gasteiger partial charge in [-0.25, -0.2) is 0 Å². The predicted molar refractivity (Wildman–Crippen MR) is 54.4 cm³/mol. The minimum atomic E-state index is -1.03. The summed E-state index contributed by atoms with van der Waals surface area (Å²) >= 11 is 0. The molecule has 0 atom stereocenters. The van der Waals surface area contributed by atoms with Gasteiger partial charge in [0.1, 0.15) is 0 Å². The van der Waals surface area contributed by atoms with Crippen LogP contribution in [0.15, 0.2) is 23.4 Å². The van der Waals surface area contributed by atoms with Crippen LogP contribution in [-0.2, 0) is 0 Å². The molecule has 0 bridgehead atoms. The third-order valence-electron chi connectivity index (χ3n) is 2.46. The standard InChI is InChI=1S/C10H18Si/c1-7-8-9(10(8,2)3)11(4,5)6/h7H,1H2,2-6H3. The Morgan fingerprint density at radius 3 is 1.82 bits per heavy atom. The first kappa shape index (κ1) is 8.79. The Balaban J connectivity index is 2.93. The zero-order valence-electron chi connectivity index (χ0n) is 8.28. The molecule has 1 heteroatoms. The second kappa shape index (κ2) is 2.10. The number of allylic oxidation sites excluding steroid dienone is 3. The van der Waals surface area contributed by atoms with Gasteiger partial charge in [-0.15, -0.1) is 0 Å². The molecule has 0 heterocycles. The molecule has 0 unspecified atom stereocenters. The fourth-order valence-corrected chi connectivity index (χ4v) is 5.37. The molecular formula is C10H18Si. The Hall–Kier alpha value is -0.303. The average Bonchev–Trinajstić information content (AvgIpc) is 2.31. The van der Waals surface area contributed by atoms with E-state index >= 15 is 0 Å². The topological polar surface area (TPSA) is 0 Å². The Morgan fingerprint density at radius 1 is 1.27 bits per heavy atom. The minimum absolute atomic E-state index is 0.395. The molecule has 0 nitrogen and oxygen atoms in total. The van der Waals surface area contributed by atoms with E-state index in [1.54, 1.807) is 5.20 Å². The molecule has 1 rings (SSSR count). The highest BCUT2D eigenvalue weighted by atomic mass is 28.3. The second-order valence-electron chi connectivity index (χ2n) is 4.87. The van der Waals surface area contributed by atoms with E-state index in [0.717, 1.165) is 0 Å². The molecule has 0 aromatic carbocycles. The molecule has 0 radical (unpaired) electrons. The van der Waals surface area contributed by atoms with Gasteiger partial charge in [0.25, 0.3) is 0 Å². The maximum absolute atomic E-state index is 3.85. The van der Waals surface area contributed by atoms with E-state index in [0.29, 0.717) is 5.41 Å². The minimum Gasteiger partial charge on any atom is -0.0988 e. The van der Waals surface area contributed by atoms with Crippen LogP contribution < -0.4 is 0 Å². The van der Waals surface area contributed by atoms with Gasteiger partial charge in [0, 0.05) is 5.41 Å². The first-order valence-corrected chi connectivity index (χ1v) is 7.70. The number of hydrogen-bond acceptors (Lipinski definition) is 0. The molecule has 0 aromatic heterocycles. The van der Waals surface area contributed by atoms with Gasteiger partial charge < -0.3 is 0 Å². The molecule has 0 saturated heterocycles. The molecule has 0 aliphatic heterocycles. The predicted octanol–water partition coefficient (Wildman–Crippen LogP) is 3.39. The zero-order chi connectivity index (χ0) is 8.86. The van der Waals surface area contributed by atoms with E-state index in [2.05, 4.69) is 40.1 Å². The lowest BCUT2D eigenvalue weighted by Gasteiger charge is -2.16. The molecule has 0 saturated carbocycles. The second-order valence-corrected chi connectivity index (χ2v) is 9.87.